The summed E-state index contributed by atoms with van der Waals surface area (Å²) in [5.74, 6) is -7.79. The summed E-state index contributed by atoms with van der Waals surface area (Å²) in [6.07, 6.45) is 1.40. The summed E-state index contributed by atoms with van der Waals surface area (Å²) in [5.41, 5.74) is 11.3. The summed E-state index contributed by atoms with van der Waals surface area (Å²) in [6.45, 7) is 8.75. The molecular weight excluding hydrogens is 1050 g/mol. The van der Waals surface area contributed by atoms with Crippen LogP contribution in [-0.2, 0) is 78.2 Å². The summed E-state index contributed by atoms with van der Waals surface area (Å²) < 4.78 is 25.0. The standard InChI is InChI=1S/C41H73N17O16P2/c1-21(2)44-41(68)32(20-59)52-38(65)29(10-8-9-11-42)49-35(62)26(7)48-40(67)31(17-28-19-58(56-54-28)13-15-76(72,73)74)51-37(64)25(6)46-34(61)23(4)47-39(66)30(50-36(63)24(5)45-33(60)22(3)43)16-27-18-57(55-53-27)12-14-75(69,70)71/h18-19,21-26,29-32,59H,8-17,20,42-43H2,1-7H3,(H,44,68)(H,45,60)(H,46,61)(H,47,66)(H,48,67)(H,49,62)(H,50,63)(H,51,64)(H,52,65)(H2,69,70,71)(H2,72,73,74)/t22-,23-,24-,25-,26-,29-,30-,31-,32-/m0/s1. The van der Waals surface area contributed by atoms with Gasteiger partial charge in [0.25, 0.3) is 0 Å². The Kier molecular flexibility index (Phi) is 26.9. The topological polar surface area (TPSA) is 511 Å². The van der Waals surface area contributed by atoms with Crippen molar-refractivity contribution in [1.82, 2.24) is 77.8 Å². The smallest absolute Gasteiger partial charge is 0.327 e. The number of aliphatic hydroxyl groups is 1. The number of carbonyl (C=O) groups is 9. The van der Waals surface area contributed by atoms with Gasteiger partial charge in [-0.1, -0.05) is 10.4 Å². The molecular formula is C41H73N17O16P2. The van der Waals surface area contributed by atoms with Crippen molar-refractivity contribution in [2.45, 2.75) is 154 Å². The fourth-order valence-corrected chi connectivity index (χ4v) is 7.39. The molecule has 0 radical (unpaired) electrons. The second kappa shape index (κ2) is 31.0. The molecule has 76 heavy (non-hydrogen) atoms. The molecule has 0 aliphatic carbocycles. The largest absolute Gasteiger partial charge is 0.394 e. The Morgan fingerprint density at radius 3 is 1.22 bits per heavy atom. The number of nitrogens with one attached hydrogen (secondary N) is 9. The summed E-state index contributed by atoms with van der Waals surface area (Å²) in [6, 6.07) is -12.5. The van der Waals surface area contributed by atoms with Crippen molar-refractivity contribution in [3.63, 3.8) is 0 Å². The minimum Gasteiger partial charge on any atom is -0.394 e. The molecule has 0 aromatic carbocycles. The van der Waals surface area contributed by atoms with Crippen LogP contribution >= 0.6 is 15.2 Å². The van der Waals surface area contributed by atoms with Crippen molar-refractivity contribution in [3.8, 4) is 0 Å². The van der Waals surface area contributed by atoms with Gasteiger partial charge in [-0.2, -0.15) is 0 Å². The lowest BCUT2D eigenvalue weighted by atomic mass is 10.1. The van der Waals surface area contributed by atoms with Crippen molar-refractivity contribution in [3.05, 3.63) is 23.8 Å². The normalized spacial score (nSPS) is 15.2. The van der Waals surface area contributed by atoms with Crippen LogP contribution in [0.5, 0.6) is 0 Å². The quantitative estimate of drug-likeness (QED) is 0.0233. The molecule has 0 bridgehead atoms. The molecule has 35 heteroatoms. The zero-order valence-corrected chi connectivity index (χ0v) is 45.0. The Morgan fingerprint density at radius 2 is 0.855 bits per heavy atom. The molecule has 0 aliphatic rings. The Morgan fingerprint density at radius 1 is 0.513 bits per heavy atom. The number of aryl methyl sites for hydroxylation is 2. The number of rotatable bonds is 33. The van der Waals surface area contributed by atoms with Gasteiger partial charge in [0, 0.05) is 31.3 Å². The highest BCUT2D eigenvalue weighted by atomic mass is 31.2. The molecule has 0 saturated carbocycles. The number of hydrogen-bond donors (Lipinski definition) is 16. The highest BCUT2D eigenvalue weighted by Gasteiger charge is 2.33. The van der Waals surface area contributed by atoms with Gasteiger partial charge in [0.1, 0.15) is 48.3 Å². The summed E-state index contributed by atoms with van der Waals surface area (Å²) >= 11 is 0. The fourth-order valence-electron chi connectivity index (χ4n) is 6.46. The van der Waals surface area contributed by atoms with E-state index in [9.17, 15) is 77.0 Å². The number of aliphatic hydroxyl groups excluding tert-OH is 1. The van der Waals surface area contributed by atoms with E-state index in [4.69, 9.17) is 11.5 Å². The van der Waals surface area contributed by atoms with Crippen LogP contribution in [0.2, 0.25) is 0 Å². The molecule has 9 atom stereocenters. The van der Waals surface area contributed by atoms with Crippen LogP contribution in [0, 0.1) is 0 Å². The van der Waals surface area contributed by atoms with Gasteiger partial charge in [0.05, 0.1) is 49.4 Å². The molecule has 18 N–H and O–H groups in total. The van der Waals surface area contributed by atoms with Crippen LogP contribution in [0.3, 0.4) is 0 Å². The number of amides is 9. The van der Waals surface area contributed by atoms with Gasteiger partial charge in [-0.05, 0) is 74.3 Å². The van der Waals surface area contributed by atoms with Crippen molar-refractivity contribution in [2.24, 2.45) is 11.5 Å². The maximum Gasteiger partial charge on any atom is 0.327 e. The molecule has 0 saturated heterocycles. The summed E-state index contributed by atoms with van der Waals surface area (Å²) in [4.78, 5) is 157. The first-order valence-electron chi connectivity index (χ1n) is 24.0. The number of nitrogens with two attached hydrogens (primary N) is 2. The van der Waals surface area contributed by atoms with Crippen LogP contribution in [0.25, 0.3) is 0 Å². The third kappa shape index (κ3) is 24.6. The number of unbranched alkanes of at least 4 members (excludes halogenated alkanes) is 1. The first kappa shape index (κ1) is 65.8. The molecule has 33 nitrogen and oxygen atoms in total. The number of aromatic nitrogens is 6. The van der Waals surface area contributed by atoms with Gasteiger partial charge in [0.2, 0.25) is 53.2 Å². The van der Waals surface area contributed by atoms with Gasteiger partial charge in [-0.25, -0.2) is 0 Å². The second-order valence-electron chi connectivity index (χ2n) is 18.2. The van der Waals surface area contributed by atoms with Crippen molar-refractivity contribution >= 4 is 68.4 Å². The molecule has 2 heterocycles. The van der Waals surface area contributed by atoms with Gasteiger partial charge >= 0.3 is 15.2 Å². The van der Waals surface area contributed by atoms with E-state index >= 15 is 0 Å². The monoisotopic (exact) mass is 1120 g/mol. The number of carbonyl (C=O) groups excluding carboxylic acids is 9. The predicted molar refractivity (Wildman–Crippen MR) is 266 cm³/mol. The van der Waals surface area contributed by atoms with Gasteiger partial charge in [-0.15, -0.1) is 10.2 Å². The third-order valence-corrected chi connectivity index (χ3v) is 12.3. The fraction of sp³-hybridized carbons (Fsp3) is 0.683. The maximum atomic E-state index is 13.9. The SMILES string of the molecule is CC(C)NC(=O)[C@H](CO)NC(=O)[C@H](CCCCN)NC(=O)[C@H](C)NC(=O)[C@H](Cc1cn(CCP(=O)(O)O)nn1)NC(=O)[C@H](C)NC(=O)[C@H](C)NC(=O)[C@H](Cc1cn(CCP(=O)(O)O)nn1)NC(=O)[C@H](C)NC(=O)[C@H](C)N. The summed E-state index contributed by atoms with van der Waals surface area (Å²) in [5, 5.41) is 47.2. The van der Waals surface area contributed by atoms with E-state index in [1.54, 1.807) is 13.8 Å². The van der Waals surface area contributed by atoms with E-state index in [0.29, 0.717) is 12.8 Å². The molecule has 2 aromatic rings. The van der Waals surface area contributed by atoms with Crippen LogP contribution in [0.1, 0.15) is 79.1 Å². The van der Waals surface area contributed by atoms with Crippen molar-refractivity contribution in [2.75, 3.05) is 25.5 Å². The average molecular weight is 1120 g/mol. The molecule has 9 amide bonds. The van der Waals surface area contributed by atoms with Crippen LogP contribution < -0.4 is 59.3 Å². The molecule has 0 fully saturated rings. The first-order valence-corrected chi connectivity index (χ1v) is 27.6. The highest BCUT2D eigenvalue weighted by molar-refractivity contribution is 7.52. The lowest BCUT2D eigenvalue weighted by molar-refractivity contribution is -0.135. The van der Waals surface area contributed by atoms with E-state index in [-0.39, 0.29) is 49.9 Å². The van der Waals surface area contributed by atoms with Crippen LogP contribution in [0.4, 0.5) is 0 Å². The average Bonchev–Trinajstić information content (AvgIpc) is 3.99. The van der Waals surface area contributed by atoms with Gasteiger partial charge in [-0.3, -0.25) is 61.6 Å². The lowest BCUT2D eigenvalue weighted by Gasteiger charge is -2.26. The highest BCUT2D eigenvalue weighted by Crippen LogP contribution is 2.34. The number of hydrogen-bond acceptors (Lipinski definition) is 18. The van der Waals surface area contributed by atoms with E-state index in [2.05, 4.69) is 68.5 Å². The lowest BCUT2D eigenvalue weighted by Crippen LogP contribution is -2.60. The minimum atomic E-state index is -4.46. The predicted octanol–water partition coefficient (Wildman–Crippen LogP) is -7.04. The van der Waals surface area contributed by atoms with E-state index in [1.807, 2.05) is 0 Å². The third-order valence-electron chi connectivity index (χ3n) is 10.8. The minimum absolute atomic E-state index is 0.0314. The van der Waals surface area contributed by atoms with Crippen LogP contribution in [0.15, 0.2) is 12.4 Å². The molecule has 0 aliphatic heterocycles. The molecule has 0 spiro atoms. The van der Waals surface area contributed by atoms with E-state index < -0.39 is 148 Å². The molecule has 2 aromatic heterocycles. The Hall–Kier alpha value is -6.31. The first-order chi connectivity index (χ1) is 35.3. The summed E-state index contributed by atoms with van der Waals surface area (Å²) in [7, 11) is -8.87. The zero-order valence-electron chi connectivity index (χ0n) is 43.2. The maximum absolute atomic E-state index is 13.9. The Balaban J connectivity index is 2.31. The molecule has 428 valence electrons. The second-order valence-corrected chi connectivity index (χ2v) is 21.8. The Bertz CT molecular complexity index is 2410. The van der Waals surface area contributed by atoms with Crippen molar-refractivity contribution in [1.29, 1.82) is 0 Å². The number of nitrogens with zero attached hydrogens (tertiary/aromatic N) is 6. The zero-order chi connectivity index (χ0) is 57.7. The van der Waals surface area contributed by atoms with Crippen molar-refractivity contribution < 1.29 is 77.0 Å². The molecule has 2 rings (SSSR count). The van der Waals surface area contributed by atoms with E-state index in [1.165, 1.54) is 47.0 Å². The van der Waals surface area contributed by atoms with Crippen LogP contribution in [-0.4, -0.2) is 194 Å². The van der Waals surface area contributed by atoms with E-state index in [0.717, 1.165) is 9.36 Å². The van der Waals surface area contributed by atoms with Gasteiger partial charge in [0.15, 0.2) is 0 Å². The molecule has 0 unspecified atom stereocenters. The Labute approximate surface area is 437 Å². The van der Waals surface area contributed by atoms with Gasteiger partial charge < -0.3 is 84.0 Å².